The van der Waals surface area contributed by atoms with Gasteiger partial charge in [-0.25, -0.2) is 9.59 Å². The van der Waals surface area contributed by atoms with Gasteiger partial charge in [-0.3, -0.25) is 25.2 Å². The minimum Gasteiger partial charge on any atom is -0.339 e. The Labute approximate surface area is 102 Å². The lowest BCUT2D eigenvalue weighted by Crippen LogP contribution is -2.83. The summed E-state index contributed by atoms with van der Waals surface area (Å²) in [5.74, 6) is -2.29. The average molecular weight is 256 g/mol. The van der Waals surface area contributed by atoms with E-state index in [-0.39, 0.29) is 13.2 Å². The van der Waals surface area contributed by atoms with E-state index < -0.39 is 29.5 Å². The molecule has 5 amide bonds. The van der Waals surface area contributed by atoms with E-state index in [0.717, 1.165) is 9.80 Å². The van der Waals surface area contributed by atoms with E-state index in [4.69, 9.17) is 9.47 Å². The van der Waals surface area contributed by atoms with E-state index in [1.165, 1.54) is 14.1 Å². The zero-order valence-electron chi connectivity index (χ0n) is 9.85. The van der Waals surface area contributed by atoms with Crippen LogP contribution in [0.4, 0.5) is 9.59 Å². The van der Waals surface area contributed by atoms with E-state index >= 15 is 0 Å². The molecule has 0 unspecified atom stereocenters. The Hall–Kier alpha value is -1.87. The second-order valence-corrected chi connectivity index (χ2v) is 4.31. The van der Waals surface area contributed by atoms with Crippen LogP contribution in [-0.2, 0) is 14.3 Å². The Morgan fingerprint density at radius 1 is 1.11 bits per heavy atom. The van der Waals surface area contributed by atoms with Crippen LogP contribution in [0.15, 0.2) is 0 Å². The fourth-order valence-electron chi connectivity index (χ4n) is 2.53. The Balaban J connectivity index is 2.19. The van der Waals surface area contributed by atoms with Gasteiger partial charge in [0.15, 0.2) is 0 Å². The predicted octanol–water partition coefficient (Wildman–Crippen LogP) is -1.78. The van der Waals surface area contributed by atoms with Crippen molar-refractivity contribution in [3.8, 4) is 0 Å². The van der Waals surface area contributed by atoms with E-state index in [1.54, 1.807) is 0 Å². The summed E-state index contributed by atoms with van der Waals surface area (Å²) in [5.41, 5.74) is -1.72. The molecule has 3 rings (SSSR count). The molecule has 0 bridgehead atoms. The van der Waals surface area contributed by atoms with E-state index in [0.29, 0.717) is 0 Å². The van der Waals surface area contributed by atoms with Crippen LogP contribution in [0.25, 0.3) is 0 Å². The van der Waals surface area contributed by atoms with Crippen molar-refractivity contribution >= 4 is 18.0 Å². The molecule has 3 aliphatic rings. The number of ether oxygens (including phenoxy) is 2. The van der Waals surface area contributed by atoms with Crippen LogP contribution in [-0.4, -0.2) is 66.7 Å². The SMILES string of the molecule is CN1C(=O)N(C)[C@]23NC(=O)N[C@]2(OCCO3)C1=O. The second kappa shape index (κ2) is 3.12. The van der Waals surface area contributed by atoms with Gasteiger partial charge in [0.05, 0.1) is 13.2 Å². The number of likely N-dealkylation sites (N-methyl/N-ethyl adjacent to an activating group) is 2. The van der Waals surface area contributed by atoms with Gasteiger partial charge in [0, 0.05) is 14.1 Å². The van der Waals surface area contributed by atoms with Gasteiger partial charge in [-0.1, -0.05) is 0 Å². The summed E-state index contributed by atoms with van der Waals surface area (Å²) < 4.78 is 10.9. The number of carbonyl (C=O) groups excluding carboxylic acids is 3. The first kappa shape index (κ1) is 11.2. The van der Waals surface area contributed by atoms with Crippen molar-refractivity contribution in [1.82, 2.24) is 20.4 Å². The van der Waals surface area contributed by atoms with Gasteiger partial charge in [-0.05, 0) is 0 Å². The summed E-state index contributed by atoms with van der Waals surface area (Å²) >= 11 is 0. The lowest BCUT2D eigenvalue weighted by atomic mass is 10.0. The molecule has 2 atom stereocenters. The third-order valence-corrected chi connectivity index (χ3v) is 3.41. The van der Waals surface area contributed by atoms with Crippen molar-refractivity contribution in [2.75, 3.05) is 27.3 Å². The highest BCUT2D eigenvalue weighted by Gasteiger charge is 2.74. The number of nitrogens with zero attached hydrogens (tertiary/aromatic N) is 2. The minimum absolute atomic E-state index is 0.144. The highest BCUT2D eigenvalue weighted by atomic mass is 16.6. The Bertz CT molecular complexity index is 468. The maximum Gasteiger partial charge on any atom is 0.330 e. The van der Waals surface area contributed by atoms with Crippen LogP contribution < -0.4 is 10.6 Å². The lowest BCUT2D eigenvalue weighted by Gasteiger charge is -2.53. The number of carbonyl (C=O) groups is 3. The van der Waals surface area contributed by atoms with Crippen LogP contribution in [0.1, 0.15) is 0 Å². The van der Waals surface area contributed by atoms with E-state index in [9.17, 15) is 14.4 Å². The van der Waals surface area contributed by atoms with E-state index in [2.05, 4.69) is 10.6 Å². The second-order valence-electron chi connectivity index (χ2n) is 4.31. The van der Waals surface area contributed by atoms with Crippen molar-refractivity contribution in [3.63, 3.8) is 0 Å². The van der Waals surface area contributed by atoms with Crippen LogP contribution in [0, 0.1) is 0 Å². The summed E-state index contributed by atoms with van der Waals surface area (Å²) in [7, 11) is 2.75. The Morgan fingerprint density at radius 2 is 1.78 bits per heavy atom. The highest BCUT2D eigenvalue weighted by Crippen LogP contribution is 2.40. The molecule has 0 aliphatic carbocycles. The molecule has 3 heterocycles. The maximum atomic E-state index is 12.3. The molecule has 0 spiro atoms. The monoisotopic (exact) mass is 256 g/mol. The lowest BCUT2D eigenvalue weighted by molar-refractivity contribution is -0.303. The van der Waals surface area contributed by atoms with Crippen LogP contribution in [0.2, 0.25) is 0 Å². The number of hydrogen-bond donors (Lipinski definition) is 2. The Morgan fingerprint density at radius 3 is 2.50 bits per heavy atom. The fraction of sp³-hybridized carbons (Fsp3) is 0.667. The summed E-state index contributed by atoms with van der Waals surface area (Å²) in [6, 6.07) is -1.20. The fourth-order valence-corrected chi connectivity index (χ4v) is 2.53. The molecule has 3 aliphatic heterocycles. The molecular formula is C9H12N4O5. The smallest absolute Gasteiger partial charge is 0.330 e. The zero-order valence-corrected chi connectivity index (χ0v) is 9.85. The number of hydrogen-bond acceptors (Lipinski definition) is 5. The first-order chi connectivity index (χ1) is 8.44. The summed E-state index contributed by atoms with van der Waals surface area (Å²) in [6.45, 7) is 0.309. The van der Waals surface area contributed by atoms with Gasteiger partial charge in [-0.2, -0.15) is 0 Å². The third-order valence-electron chi connectivity index (χ3n) is 3.41. The molecule has 2 N–H and O–H groups in total. The van der Waals surface area contributed by atoms with Gasteiger partial charge < -0.3 is 9.47 Å². The average Bonchev–Trinajstić information content (AvgIpc) is 2.68. The van der Waals surface area contributed by atoms with Gasteiger partial charge >= 0.3 is 12.1 Å². The number of amides is 5. The molecule has 3 saturated heterocycles. The standard InChI is InChI=1S/C9H12N4O5/c1-12-5(14)8-9(11-6(15)10-8,13(2)7(12)16)18-4-3-17-8/h3-4H2,1-2H3,(H2,10,11,15)/t8-,9+/m0/s1. The first-order valence-corrected chi connectivity index (χ1v) is 5.39. The number of nitrogens with one attached hydrogen (secondary N) is 2. The largest absolute Gasteiger partial charge is 0.339 e. The molecule has 18 heavy (non-hydrogen) atoms. The minimum atomic E-state index is -1.72. The molecule has 0 aromatic rings. The predicted molar refractivity (Wildman–Crippen MR) is 55.0 cm³/mol. The molecule has 0 aromatic heterocycles. The van der Waals surface area contributed by atoms with Crippen molar-refractivity contribution in [1.29, 1.82) is 0 Å². The molecule has 0 saturated carbocycles. The van der Waals surface area contributed by atoms with Crippen molar-refractivity contribution < 1.29 is 23.9 Å². The summed E-state index contributed by atoms with van der Waals surface area (Å²) in [4.78, 5) is 37.8. The topological polar surface area (TPSA) is 100 Å². The molecule has 0 aromatic carbocycles. The normalized spacial score (nSPS) is 39.1. The van der Waals surface area contributed by atoms with Crippen molar-refractivity contribution in [2.24, 2.45) is 0 Å². The molecular weight excluding hydrogens is 244 g/mol. The third kappa shape index (κ3) is 0.969. The number of rotatable bonds is 0. The Kier molecular flexibility index (Phi) is 1.95. The maximum absolute atomic E-state index is 12.3. The van der Waals surface area contributed by atoms with Crippen LogP contribution in [0.3, 0.4) is 0 Å². The van der Waals surface area contributed by atoms with Gasteiger partial charge in [0.2, 0.25) is 0 Å². The number of imide groups is 1. The summed E-state index contributed by atoms with van der Waals surface area (Å²) in [6.07, 6.45) is 0. The van der Waals surface area contributed by atoms with E-state index in [1.807, 2.05) is 0 Å². The van der Waals surface area contributed by atoms with Crippen LogP contribution in [0.5, 0.6) is 0 Å². The van der Waals surface area contributed by atoms with Crippen molar-refractivity contribution in [3.05, 3.63) is 0 Å². The van der Waals surface area contributed by atoms with Gasteiger partial charge in [0.1, 0.15) is 0 Å². The molecule has 0 radical (unpaired) electrons. The summed E-state index contributed by atoms with van der Waals surface area (Å²) in [5, 5.41) is 4.86. The first-order valence-electron chi connectivity index (χ1n) is 5.39. The van der Waals surface area contributed by atoms with Gasteiger partial charge in [0.25, 0.3) is 17.5 Å². The molecule has 3 fully saturated rings. The van der Waals surface area contributed by atoms with Crippen molar-refractivity contribution in [2.45, 2.75) is 11.6 Å². The highest BCUT2D eigenvalue weighted by molar-refractivity contribution is 6.06. The zero-order chi connectivity index (χ0) is 13.1. The van der Waals surface area contributed by atoms with Crippen LogP contribution >= 0.6 is 0 Å². The molecule has 98 valence electrons. The van der Waals surface area contributed by atoms with Gasteiger partial charge in [-0.15, -0.1) is 0 Å². The number of urea groups is 2. The quantitative estimate of drug-likeness (QED) is 0.533. The molecule has 9 nitrogen and oxygen atoms in total. The molecule has 9 heteroatoms.